The molecule has 2 aromatic carbocycles. The van der Waals surface area contributed by atoms with Crippen molar-refractivity contribution < 1.29 is 28.2 Å². The molecule has 4 rings (SSSR count). The first kappa shape index (κ1) is 29.5. The maximum Gasteiger partial charge on any atom is 0.220 e. The van der Waals surface area contributed by atoms with Crippen LogP contribution in [0.4, 0.5) is 5.69 Å². The van der Waals surface area contributed by atoms with Gasteiger partial charge in [0, 0.05) is 38.4 Å². The lowest BCUT2D eigenvalue weighted by Crippen LogP contribution is -2.26. The highest BCUT2D eigenvalue weighted by molar-refractivity contribution is 5.83. The third-order valence-corrected chi connectivity index (χ3v) is 7.09. The van der Waals surface area contributed by atoms with E-state index in [4.69, 9.17) is 18.6 Å². The number of hydrogen-bond acceptors (Lipinski definition) is 8. The molecule has 218 valence electrons. The minimum absolute atomic E-state index is 0.0581. The molecule has 10 heteroatoms. The summed E-state index contributed by atoms with van der Waals surface area (Å²) >= 11 is 0. The predicted octanol–water partition coefficient (Wildman–Crippen LogP) is 4.01. The maximum absolute atomic E-state index is 13.4. The normalized spacial score (nSPS) is 13.7. The highest BCUT2D eigenvalue weighted by Gasteiger charge is 2.29. The molecule has 3 aromatic rings. The molecule has 0 aliphatic heterocycles. The van der Waals surface area contributed by atoms with Gasteiger partial charge in [-0.1, -0.05) is 6.07 Å². The lowest BCUT2D eigenvalue weighted by molar-refractivity contribution is -0.121. The maximum atomic E-state index is 13.4. The number of carbonyl (C=O) groups is 2. The molecule has 2 amide bonds. The van der Waals surface area contributed by atoms with Crippen LogP contribution in [-0.2, 0) is 22.4 Å². The second-order valence-electron chi connectivity index (χ2n) is 9.81. The summed E-state index contributed by atoms with van der Waals surface area (Å²) in [5, 5.41) is 9.07. The van der Waals surface area contributed by atoms with Gasteiger partial charge in [0.25, 0.3) is 0 Å². The van der Waals surface area contributed by atoms with Gasteiger partial charge in [0.05, 0.1) is 39.3 Å². The average Bonchev–Trinajstić information content (AvgIpc) is 3.37. The minimum Gasteiger partial charge on any atom is -0.493 e. The second-order valence-corrected chi connectivity index (χ2v) is 9.81. The van der Waals surface area contributed by atoms with Crippen LogP contribution in [0.2, 0.25) is 0 Å². The first-order chi connectivity index (χ1) is 19.9. The summed E-state index contributed by atoms with van der Waals surface area (Å²) in [6, 6.07) is 10.4. The smallest absolute Gasteiger partial charge is 0.220 e. The standard InChI is InChI=1S/C31H37N3O7/c1-19(35)34-24-11-9-20-17-27(38-2)30(39-3)31(40-4)29(20)22-10-12-25(26(36)18-23(22)24)32-14-5-8-28(37)33-15-13-21-7-6-16-41-21/h6-7,10,12,16-18,24H,5,8-9,11,13-15H2,1-4H3,(H,32,36)(H,33,37)(H,34,35). The van der Waals surface area contributed by atoms with Crippen molar-refractivity contribution in [1.29, 1.82) is 0 Å². The fraction of sp³-hybridized carbons (Fsp3) is 0.387. The Morgan fingerprint density at radius 2 is 1.83 bits per heavy atom. The summed E-state index contributed by atoms with van der Waals surface area (Å²) in [5.74, 6) is 2.07. The van der Waals surface area contributed by atoms with Gasteiger partial charge in [0.15, 0.2) is 11.5 Å². The van der Waals surface area contributed by atoms with Crippen molar-refractivity contribution >= 4 is 17.5 Å². The van der Waals surface area contributed by atoms with Crippen LogP contribution in [-0.4, -0.2) is 46.2 Å². The predicted molar refractivity (Wildman–Crippen MR) is 156 cm³/mol. The van der Waals surface area contributed by atoms with Crippen molar-refractivity contribution in [3.63, 3.8) is 0 Å². The Kier molecular flexibility index (Phi) is 9.89. The van der Waals surface area contributed by atoms with E-state index in [-0.39, 0.29) is 23.3 Å². The molecule has 3 N–H and O–H groups in total. The zero-order valence-corrected chi connectivity index (χ0v) is 23.9. The number of hydrogen-bond donors (Lipinski definition) is 3. The van der Waals surface area contributed by atoms with Gasteiger partial charge in [-0.3, -0.25) is 14.4 Å². The lowest BCUT2D eigenvalue weighted by Gasteiger charge is -2.19. The van der Waals surface area contributed by atoms with Crippen molar-refractivity contribution in [2.75, 3.05) is 39.7 Å². The molecule has 0 radical (unpaired) electrons. The van der Waals surface area contributed by atoms with Gasteiger partial charge in [-0.05, 0) is 66.3 Å². The summed E-state index contributed by atoms with van der Waals surface area (Å²) < 4.78 is 22.3. The van der Waals surface area contributed by atoms with E-state index in [1.807, 2.05) is 24.3 Å². The fourth-order valence-electron chi connectivity index (χ4n) is 5.19. The van der Waals surface area contributed by atoms with Gasteiger partial charge in [-0.15, -0.1) is 0 Å². The minimum atomic E-state index is -0.380. The van der Waals surface area contributed by atoms with E-state index >= 15 is 0 Å². The van der Waals surface area contributed by atoms with Crippen molar-refractivity contribution in [1.82, 2.24) is 10.6 Å². The van der Waals surface area contributed by atoms with Gasteiger partial charge < -0.3 is 34.6 Å². The van der Waals surface area contributed by atoms with Gasteiger partial charge in [-0.2, -0.15) is 0 Å². The lowest BCUT2D eigenvalue weighted by atomic mass is 9.95. The first-order valence-electron chi connectivity index (χ1n) is 13.7. The molecule has 0 spiro atoms. The molecule has 1 atom stereocenters. The van der Waals surface area contributed by atoms with E-state index in [1.54, 1.807) is 39.7 Å². The number of methoxy groups -OCH3 is 3. The van der Waals surface area contributed by atoms with Crippen LogP contribution in [0, 0.1) is 0 Å². The number of fused-ring (bicyclic) bond motifs is 3. The summed E-state index contributed by atoms with van der Waals surface area (Å²) in [6.45, 7) is 2.41. The molecule has 1 heterocycles. The Hall–Kier alpha value is -4.47. The monoisotopic (exact) mass is 563 g/mol. The Morgan fingerprint density at radius 1 is 1.02 bits per heavy atom. The van der Waals surface area contributed by atoms with Crippen LogP contribution >= 0.6 is 0 Å². The number of aryl methyl sites for hydroxylation is 1. The molecule has 1 aromatic heterocycles. The Balaban J connectivity index is 1.57. The fourth-order valence-corrected chi connectivity index (χ4v) is 5.19. The quantitative estimate of drug-likeness (QED) is 0.282. The molecular formula is C31H37N3O7. The van der Waals surface area contributed by atoms with Crippen molar-refractivity contribution in [2.24, 2.45) is 0 Å². The Morgan fingerprint density at radius 3 is 2.51 bits per heavy atom. The number of ether oxygens (including phenoxy) is 3. The molecule has 10 nitrogen and oxygen atoms in total. The van der Waals surface area contributed by atoms with Crippen LogP contribution in [0.5, 0.6) is 17.2 Å². The highest BCUT2D eigenvalue weighted by atomic mass is 16.5. The largest absolute Gasteiger partial charge is 0.493 e. The van der Waals surface area contributed by atoms with E-state index in [2.05, 4.69) is 16.0 Å². The van der Waals surface area contributed by atoms with Gasteiger partial charge in [0.2, 0.25) is 23.0 Å². The zero-order chi connectivity index (χ0) is 29.4. The highest BCUT2D eigenvalue weighted by Crippen LogP contribution is 2.50. The summed E-state index contributed by atoms with van der Waals surface area (Å²) in [4.78, 5) is 37.7. The average molecular weight is 564 g/mol. The number of carbonyl (C=O) groups excluding carboxylic acids is 2. The van der Waals surface area contributed by atoms with E-state index in [9.17, 15) is 14.4 Å². The molecular weight excluding hydrogens is 526 g/mol. The Bertz CT molecular complexity index is 1440. The van der Waals surface area contributed by atoms with Gasteiger partial charge in [-0.25, -0.2) is 0 Å². The third kappa shape index (κ3) is 7.00. The topological polar surface area (TPSA) is 128 Å². The molecule has 0 saturated heterocycles. The first-order valence-corrected chi connectivity index (χ1v) is 13.7. The van der Waals surface area contributed by atoms with Crippen LogP contribution in [0.3, 0.4) is 0 Å². The molecule has 0 fully saturated rings. The van der Waals surface area contributed by atoms with Crippen molar-refractivity contribution in [3.8, 4) is 28.4 Å². The van der Waals surface area contributed by atoms with E-state index in [1.165, 1.54) is 6.92 Å². The Labute approximate surface area is 239 Å². The third-order valence-electron chi connectivity index (χ3n) is 7.09. The number of rotatable bonds is 12. The summed E-state index contributed by atoms with van der Waals surface area (Å²) in [6.07, 6.45) is 4.32. The van der Waals surface area contributed by atoms with Gasteiger partial charge in [0.1, 0.15) is 5.76 Å². The van der Waals surface area contributed by atoms with Crippen LogP contribution in [0.1, 0.15) is 49.1 Å². The summed E-state index contributed by atoms with van der Waals surface area (Å²) in [5.41, 5.74) is 3.39. The van der Waals surface area contributed by atoms with Crippen LogP contribution in [0.15, 0.2) is 51.9 Å². The number of furan rings is 1. The number of nitrogens with one attached hydrogen (secondary N) is 3. The van der Waals surface area contributed by atoms with Crippen molar-refractivity contribution in [3.05, 3.63) is 69.8 Å². The second kappa shape index (κ2) is 13.7. The molecule has 1 unspecified atom stereocenters. The number of anilines is 1. The molecule has 0 bridgehead atoms. The van der Waals surface area contributed by atoms with Gasteiger partial charge >= 0.3 is 0 Å². The number of benzene rings is 1. The van der Waals surface area contributed by atoms with E-state index < -0.39 is 0 Å². The molecule has 0 saturated carbocycles. The zero-order valence-electron chi connectivity index (χ0n) is 23.9. The SMILES string of the molecule is COc1cc2c(c(OC)c1OC)-c1ccc(NCCCC(=O)NCCc3ccco3)c(=O)cc1C(NC(C)=O)CC2. The molecule has 1 aliphatic carbocycles. The molecule has 1 aliphatic rings. The number of amides is 2. The van der Waals surface area contributed by atoms with E-state index in [0.29, 0.717) is 73.7 Å². The molecule has 41 heavy (non-hydrogen) atoms. The van der Waals surface area contributed by atoms with Crippen LogP contribution in [0.25, 0.3) is 11.1 Å². The van der Waals surface area contributed by atoms with Crippen LogP contribution < -0.4 is 35.6 Å². The van der Waals surface area contributed by atoms with E-state index in [0.717, 1.165) is 22.5 Å². The summed E-state index contributed by atoms with van der Waals surface area (Å²) in [7, 11) is 4.68. The van der Waals surface area contributed by atoms with Crippen molar-refractivity contribution in [2.45, 2.75) is 45.1 Å².